The molecule has 2 aromatic carbocycles. The predicted octanol–water partition coefficient (Wildman–Crippen LogP) is 4.70. The molecule has 0 radical (unpaired) electrons. The Morgan fingerprint density at radius 3 is 2.50 bits per heavy atom. The molecule has 4 rings (SSSR count). The third-order valence-corrected chi connectivity index (χ3v) is 6.71. The summed E-state index contributed by atoms with van der Waals surface area (Å²) in [5.74, 6) is -0.888. The number of rotatable bonds is 4. The van der Waals surface area contributed by atoms with E-state index < -0.39 is 11.9 Å². The Balaban J connectivity index is 1.87. The Labute approximate surface area is 195 Å². The summed E-state index contributed by atoms with van der Waals surface area (Å²) in [6.07, 6.45) is 1.01. The minimum Gasteiger partial charge on any atom is -0.503 e. The minimum absolute atomic E-state index is 0.0188. The fourth-order valence-electron chi connectivity index (χ4n) is 4.63. The van der Waals surface area contributed by atoms with Crippen LogP contribution in [-0.4, -0.2) is 31.1 Å². The van der Waals surface area contributed by atoms with Crippen LogP contribution in [-0.2, 0) is 14.3 Å². The number of Topliss-reactive ketones (excluding diaryl/α,β-unsaturated/α-hetero) is 1. The first-order valence-corrected chi connectivity index (χ1v) is 11.1. The lowest BCUT2D eigenvalue weighted by Gasteiger charge is -2.36. The summed E-state index contributed by atoms with van der Waals surface area (Å²) in [5.41, 5.74) is 4.16. The Hall–Kier alpha value is -3.06. The second-order valence-electron chi connectivity index (χ2n) is 7.97. The molecule has 0 spiro atoms. The normalized spacial score (nSPS) is 20.6. The minimum atomic E-state index is -0.631. The first-order valence-electron chi connectivity index (χ1n) is 10.3. The molecule has 32 heavy (non-hydrogen) atoms. The molecule has 166 valence electrons. The Morgan fingerprint density at radius 2 is 1.84 bits per heavy atom. The van der Waals surface area contributed by atoms with Gasteiger partial charge in [0.2, 0.25) is 0 Å². The average molecular weight is 498 g/mol. The molecule has 1 aliphatic carbocycles. The number of esters is 1. The van der Waals surface area contributed by atoms with E-state index >= 15 is 0 Å². The molecule has 0 unspecified atom stereocenters. The molecule has 2 aromatic rings. The number of carbonyl (C=O) groups excluding carboxylic acids is 2. The van der Waals surface area contributed by atoms with Crippen molar-refractivity contribution in [3.63, 3.8) is 0 Å². The van der Waals surface area contributed by atoms with Gasteiger partial charge < -0.3 is 19.9 Å². The van der Waals surface area contributed by atoms with Crippen LogP contribution in [0.5, 0.6) is 11.5 Å². The SMILES string of the molecule is COC(=O)C1=C(C)NC2=C(C(=O)C[C@H](c3ccccc3)C2)[C@@H]1c1cc(Br)c(O)c(OC)c1. The molecule has 0 fully saturated rings. The van der Waals surface area contributed by atoms with Crippen molar-refractivity contribution in [1.29, 1.82) is 0 Å². The molecule has 2 atom stereocenters. The summed E-state index contributed by atoms with van der Waals surface area (Å²) in [6, 6.07) is 13.4. The first kappa shape index (κ1) is 22.1. The maximum absolute atomic E-state index is 13.5. The van der Waals surface area contributed by atoms with Gasteiger partial charge in [0.1, 0.15) is 0 Å². The lowest BCUT2D eigenvalue weighted by atomic mass is 9.71. The van der Waals surface area contributed by atoms with Crippen molar-refractivity contribution < 1.29 is 24.2 Å². The number of methoxy groups -OCH3 is 2. The molecule has 0 saturated carbocycles. The predicted molar refractivity (Wildman–Crippen MR) is 123 cm³/mol. The summed E-state index contributed by atoms with van der Waals surface area (Å²) in [5, 5.41) is 13.6. The summed E-state index contributed by atoms with van der Waals surface area (Å²) in [6.45, 7) is 1.81. The number of phenolic OH excluding ortho intramolecular Hbond substituents is 1. The largest absolute Gasteiger partial charge is 0.503 e. The second kappa shape index (κ2) is 8.82. The van der Waals surface area contributed by atoms with Crippen LogP contribution >= 0.6 is 15.9 Å². The molecule has 1 aliphatic heterocycles. The van der Waals surface area contributed by atoms with Gasteiger partial charge in [-0.15, -0.1) is 0 Å². The number of carbonyl (C=O) groups is 2. The summed E-state index contributed by atoms with van der Waals surface area (Å²) < 4.78 is 10.8. The third kappa shape index (κ3) is 3.81. The summed E-state index contributed by atoms with van der Waals surface area (Å²) >= 11 is 3.36. The number of aromatic hydroxyl groups is 1. The number of allylic oxidation sites excluding steroid dienone is 3. The van der Waals surface area contributed by atoms with Gasteiger partial charge in [0.25, 0.3) is 0 Å². The Morgan fingerprint density at radius 1 is 1.12 bits per heavy atom. The lowest BCUT2D eigenvalue weighted by molar-refractivity contribution is -0.136. The van der Waals surface area contributed by atoms with Gasteiger partial charge in [0.05, 0.1) is 24.3 Å². The van der Waals surface area contributed by atoms with E-state index in [2.05, 4.69) is 21.2 Å². The van der Waals surface area contributed by atoms with Crippen molar-refractivity contribution in [2.75, 3.05) is 14.2 Å². The van der Waals surface area contributed by atoms with E-state index in [1.165, 1.54) is 14.2 Å². The standard InChI is InChI=1S/C25H24BrNO5/c1-13-21(25(30)32-3)22(16-9-17(26)24(29)20(12-16)31-2)23-18(27-13)10-15(11-19(23)28)14-7-5-4-6-8-14/h4-9,12,15,22,27,29H,10-11H2,1-3H3/t15-,22-/m1/s1. The van der Waals surface area contributed by atoms with Crippen LogP contribution in [0.2, 0.25) is 0 Å². The number of ether oxygens (including phenoxy) is 2. The maximum atomic E-state index is 13.5. The van der Waals surface area contributed by atoms with Gasteiger partial charge in [-0.1, -0.05) is 30.3 Å². The van der Waals surface area contributed by atoms with Crippen LogP contribution in [0.3, 0.4) is 0 Å². The zero-order chi connectivity index (χ0) is 23.0. The number of benzene rings is 2. The lowest BCUT2D eigenvalue weighted by Crippen LogP contribution is -2.36. The average Bonchev–Trinajstić information content (AvgIpc) is 2.79. The second-order valence-corrected chi connectivity index (χ2v) is 8.83. The van der Waals surface area contributed by atoms with Crippen LogP contribution in [0.25, 0.3) is 0 Å². The number of ketones is 1. The molecule has 0 saturated heterocycles. The topological polar surface area (TPSA) is 84.9 Å². The highest BCUT2D eigenvalue weighted by atomic mass is 79.9. The third-order valence-electron chi connectivity index (χ3n) is 6.11. The number of hydrogen-bond acceptors (Lipinski definition) is 6. The quantitative estimate of drug-likeness (QED) is 0.595. The van der Waals surface area contributed by atoms with Crippen molar-refractivity contribution in [1.82, 2.24) is 5.32 Å². The molecule has 0 amide bonds. The smallest absolute Gasteiger partial charge is 0.336 e. The van der Waals surface area contributed by atoms with Crippen LogP contribution < -0.4 is 10.1 Å². The number of hydrogen-bond donors (Lipinski definition) is 2. The Kier molecular flexibility index (Phi) is 6.11. The van der Waals surface area contributed by atoms with Crippen molar-refractivity contribution in [3.8, 4) is 11.5 Å². The highest BCUT2D eigenvalue weighted by molar-refractivity contribution is 9.10. The number of nitrogens with one attached hydrogen (secondary N) is 1. The van der Waals surface area contributed by atoms with E-state index in [0.29, 0.717) is 39.7 Å². The molecule has 0 bridgehead atoms. The molecule has 2 aliphatic rings. The highest BCUT2D eigenvalue weighted by Crippen LogP contribution is 2.48. The van der Waals surface area contributed by atoms with Gasteiger partial charge in [0, 0.05) is 29.3 Å². The van der Waals surface area contributed by atoms with Crippen LogP contribution in [0.1, 0.15) is 42.7 Å². The molecule has 1 heterocycles. The monoisotopic (exact) mass is 497 g/mol. The Bertz CT molecular complexity index is 1150. The van der Waals surface area contributed by atoms with Crippen molar-refractivity contribution in [2.24, 2.45) is 0 Å². The maximum Gasteiger partial charge on any atom is 0.336 e. The van der Waals surface area contributed by atoms with Gasteiger partial charge in [-0.05, 0) is 58.5 Å². The first-order chi connectivity index (χ1) is 15.3. The van der Waals surface area contributed by atoms with Gasteiger partial charge in [-0.2, -0.15) is 0 Å². The number of dihydropyridines is 1. The van der Waals surface area contributed by atoms with Crippen LogP contribution in [0.4, 0.5) is 0 Å². The van der Waals surface area contributed by atoms with Crippen molar-refractivity contribution in [2.45, 2.75) is 31.6 Å². The number of halogens is 1. The van der Waals surface area contributed by atoms with E-state index in [9.17, 15) is 14.7 Å². The van der Waals surface area contributed by atoms with E-state index in [4.69, 9.17) is 9.47 Å². The van der Waals surface area contributed by atoms with Gasteiger partial charge in [-0.3, -0.25) is 4.79 Å². The zero-order valence-corrected chi connectivity index (χ0v) is 19.7. The fraction of sp³-hybridized carbons (Fsp3) is 0.280. The molecule has 7 heteroatoms. The molecular weight excluding hydrogens is 474 g/mol. The van der Waals surface area contributed by atoms with Gasteiger partial charge in [0.15, 0.2) is 17.3 Å². The van der Waals surface area contributed by atoms with Crippen LogP contribution in [0, 0.1) is 0 Å². The fourth-order valence-corrected chi connectivity index (χ4v) is 5.09. The van der Waals surface area contributed by atoms with E-state index in [1.807, 2.05) is 37.3 Å². The molecular formula is C25H24BrNO5. The van der Waals surface area contributed by atoms with Gasteiger partial charge in [-0.25, -0.2) is 4.79 Å². The van der Waals surface area contributed by atoms with Crippen molar-refractivity contribution >= 4 is 27.7 Å². The molecule has 0 aromatic heterocycles. The molecule has 2 N–H and O–H groups in total. The summed E-state index contributed by atoms with van der Waals surface area (Å²) in [7, 11) is 2.78. The zero-order valence-electron chi connectivity index (χ0n) is 18.1. The van der Waals surface area contributed by atoms with Gasteiger partial charge >= 0.3 is 5.97 Å². The van der Waals surface area contributed by atoms with E-state index in [0.717, 1.165) is 11.3 Å². The van der Waals surface area contributed by atoms with Crippen molar-refractivity contribution in [3.05, 3.63) is 80.6 Å². The highest BCUT2D eigenvalue weighted by Gasteiger charge is 2.41. The van der Waals surface area contributed by atoms with E-state index in [-0.39, 0.29) is 23.2 Å². The molecule has 6 nitrogen and oxygen atoms in total. The summed E-state index contributed by atoms with van der Waals surface area (Å²) in [4.78, 5) is 26.3. The number of phenols is 1. The van der Waals surface area contributed by atoms with Crippen LogP contribution in [0.15, 0.2) is 69.5 Å². The van der Waals surface area contributed by atoms with E-state index in [1.54, 1.807) is 12.1 Å².